The van der Waals surface area contributed by atoms with Gasteiger partial charge >= 0.3 is 0 Å². The highest BCUT2D eigenvalue weighted by molar-refractivity contribution is 5.98. The summed E-state index contributed by atoms with van der Waals surface area (Å²) in [6.07, 6.45) is 2.86. The standard InChI is InChI=1S/C23H21N7O3/c1-13-21-15(22(32)26-13)7-8-19(29-21)28-20-9-17(16(10-24-20)23-30-25-12-33-23)27-18(11-31)14-5-3-2-4-6-14/h2-10,12-13,18,31H,11H2,1H3,(H,26,32)(H2,24,27,28,29)/t13?,18-/m1/s1. The van der Waals surface area contributed by atoms with Gasteiger partial charge in [-0.05, 0) is 24.6 Å². The zero-order valence-corrected chi connectivity index (χ0v) is 17.7. The van der Waals surface area contributed by atoms with Gasteiger partial charge in [0.25, 0.3) is 11.8 Å². The van der Waals surface area contributed by atoms with Gasteiger partial charge in [-0.3, -0.25) is 4.79 Å². The maximum Gasteiger partial charge on any atom is 0.253 e. The maximum absolute atomic E-state index is 12.0. The fraction of sp³-hybridized carbons (Fsp3) is 0.174. The molecule has 0 aliphatic carbocycles. The molecule has 0 bridgehead atoms. The predicted molar refractivity (Wildman–Crippen MR) is 121 cm³/mol. The Morgan fingerprint density at radius 3 is 2.76 bits per heavy atom. The largest absolute Gasteiger partial charge is 0.423 e. The number of carbonyl (C=O) groups excluding carboxylic acids is 1. The van der Waals surface area contributed by atoms with Gasteiger partial charge in [-0.15, -0.1) is 10.2 Å². The molecule has 0 saturated carbocycles. The van der Waals surface area contributed by atoms with Crippen molar-refractivity contribution in [2.24, 2.45) is 0 Å². The second-order valence-electron chi connectivity index (χ2n) is 7.60. The van der Waals surface area contributed by atoms with E-state index in [1.165, 1.54) is 6.39 Å². The number of aromatic nitrogens is 4. The molecule has 2 atom stereocenters. The summed E-state index contributed by atoms with van der Waals surface area (Å²) >= 11 is 0. The fourth-order valence-corrected chi connectivity index (χ4v) is 3.75. The number of rotatable bonds is 7. The molecule has 1 amide bonds. The molecule has 10 nitrogen and oxygen atoms in total. The third-order valence-corrected chi connectivity index (χ3v) is 5.39. The molecule has 1 unspecified atom stereocenters. The third kappa shape index (κ3) is 4.11. The Labute approximate surface area is 189 Å². The van der Waals surface area contributed by atoms with E-state index in [2.05, 4.69) is 36.1 Å². The molecule has 166 valence electrons. The van der Waals surface area contributed by atoms with Crippen LogP contribution in [0.15, 0.2) is 65.5 Å². The monoisotopic (exact) mass is 443 g/mol. The number of anilines is 3. The van der Waals surface area contributed by atoms with Crippen molar-refractivity contribution >= 4 is 23.2 Å². The first-order valence-electron chi connectivity index (χ1n) is 10.4. The number of amides is 1. The van der Waals surface area contributed by atoms with E-state index in [4.69, 9.17) is 4.42 Å². The highest BCUT2D eigenvalue weighted by atomic mass is 16.4. The van der Waals surface area contributed by atoms with Crippen LogP contribution in [0.2, 0.25) is 0 Å². The van der Waals surface area contributed by atoms with Gasteiger partial charge in [0.05, 0.1) is 41.2 Å². The molecule has 0 spiro atoms. The zero-order valence-electron chi connectivity index (χ0n) is 17.7. The molecule has 5 rings (SSSR count). The molecule has 3 aromatic heterocycles. The minimum absolute atomic E-state index is 0.121. The van der Waals surface area contributed by atoms with Crippen LogP contribution in [-0.4, -0.2) is 37.8 Å². The van der Waals surface area contributed by atoms with Crippen LogP contribution in [-0.2, 0) is 0 Å². The lowest BCUT2D eigenvalue weighted by molar-refractivity contribution is 0.0958. The van der Waals surface area contributed by atoms with Crippen molar-refractivity contribution in [2.45, 2.75) is 19.0 Å². The van der Waals surface area contributed by atoms with Crippen LogP contribution in [0.25, 0.3) is 11.5 Å². The molecule has 33 heavy (non-hydrogen) atoms. The van der Waals surface area contributed by atoms with Crippen LogP contribution >= 0.6 is 0 Å². The predicted octanol–water partition coefficient (Wildman–Crippen LogP) is 3.22. The van der Waals surface area contributed by atoms with E-state index in [1.54, 1.807) is 24.4 Å². The minimum Gasteiger partial charge on any atom is -0.423 e. The molecule has 0 fully saturated rings. The molecule has 1 aliphatic heterocycles. The number of carbonyl (C=O) groups is 1. The van der Waals surface area contributed by atoms with Crippen molar-refractivity contribution in [3.05, 3.63) is 77.9 Å². The molecule has 10 heteroatoms. The summed E-state index contributed by atoms with van der Waals surface area (Å²) < 4.78 is 5.38. The highest BCUT2D eigenvalue weighted by Gasteiger charge is 2.27. The van der Waals surface area contributed by atoms with Crippen molar-refractivity contribution in [1.82, 2.24) is 25.5 Å². The molecule has 0 radical (unpaired) electrons. The third-order valence-electron chi connectivity index (χ3n) is 5.39. The van der Waals surface area contributed by atoms with Crippen molar-refractivity contribution in [3.8, 4) is 11.5 Å². The van der Waals surface area contributed by atoms with E-state index in [0.29, 0.717) is 40.0 Å². The number of hydrogen-bond donors (Lipinski definition) is 4. The minimum atomic E-state index is -0.362. The molecule has 0 saturated heterocycles. The summed E-state index contributed by atoms with van der Waals surface area (Å²) in [6.45, 7) is 1.77. The quantitative estimate of drug-likeness (QED) is 0.339. The molecule has 4 N–H and O–H groups in total. The van der Waals surface area contributed by atoms with Crippen molar-refractivity contribution < 1.29 is 14.3 Å². The van der Waals surface area contributed by atoms with E-state index in [1.807, 2.05) is 37.3 Å². The van der Waals surface area contributed by atoms with Crippen LogP contribution in [0.3, 0.4) is 0 Å². The molecule has 1 aliphatic rings. The van der Waals surface area contributed by atoms with E-state index in [9.17, 15) is 9.90 Å². The van der Waals surface area contributed by atoms with Crippen molar-refractivity contribution in [1.29, 1.82) is 0 Å². The van der Waals surface area contributed by atoms with Crippen LogP contribution in [0.5, 0.6) is 0 Å². The number of nitrogens with one attached hydrogen (secondary N) is 3. The van der Waals surface area contributed by atoms with E-state index in [0.717, 1.165) is 5.56 Å². The van der Waals surface area contributed by atoms with Crippen LogP contribution in [0.4, 0.5) is 17.3 Å². The van der Waals surface area contributed by atoms with E-state index < -0.39 is 0 Å². The van der Waals surface area contributed by atoms with Crippen LogP contribution < -0.4 is 16.0 Å². The van der Waals surface area contributed by atoms with Gasteiger partial charge < -0.3 is 25.5 Å². The normalized spacial score (nSPS) is 15.6. The molecule has 1 aromatic carbocycles. The topological polar surface area (TPSA) is 138 Å². The summed E-state index contributed by atoms with van der Waals surface area (Å²) in [4.78, 5) is 21.0. The lowest BCUT2D eigenvalue weighted by Gasteiger charge is -2.20. The SMILES string of the molecule is CC1NC(=O)c2ccc(Nc3cc(N[C@H](CO)c4ccccc4)c(-c4nnco4)cn3)nc21. The number of hydrogen-bond acceptors (Lipinski definition) is 9. The van der Waals surface area contributed by atoms with Crippen LogP contribution in [0.1, 0.15) is 40.6 Å². The van der Waals surface area contributed by atoms with Gasteiger partial charge in [-0.2, -0.15) is 0 Å². The molecule has 4 heterocycles. The number of fused-ring (bicyclic) bond motifs is 1. The highest BCUT2D eigenvalue weighted by Crippen LogP contribution is 2.32. The van der Waals surface area contributed by atoms with Gasteiger partial charge in [0, 0.05) is 12.3 Å². The summed E-state index contributed by atoms with van der Waals surface area (Å²) in [7, 11) is 0. The van der Waals surface area contributed by atoms with E-state index in [-0.39, 0.29) is 24.6 Å². The molecule has 4 aromatic rings. The second-order valence-corrected chi connectivity index (χ2v) is 7.60. The lowest BCUT2D eigenvalue weighted by atomic mass is 10.1. The average Bonchev–Trinajstić information content (AvgIpc) is 3.46. The Kier molecular flexibility index (Phi) is 5.41. The smallest absolute Gasteiger partial charge is 0.253 e. The summed E-state index contributed by atoms with van der Waals surface area (Å²) in [6, 6.07) is 14.4. The summed E-state index contributed by atoms with van der Waals surface area (Å²) in [5.74, 6) is 1.25. The molecular weight excluding hydrogens is 422 g/mol. The number of benzene rings is 1. The first kappa shape index (κ1) is 20.6. The molecular formula is C23H21N7O3. The van der Waals surface area contributed by atoms with Gasteiger partial charge in [0.2, 0.25) is 6.39 Å². The lowest BCUT2D eigenvalue weighted by Crippen LogP contribution is -2.16. The zero-order chi connectivity index (χ0) is 22.8. The van der Waals surface area contributed by atoms with Crippen molar-refractivity contribution in [3.63, 3.8) is 0 Å². The number of aliphatic hydroxyl groups excluding tert-OH is 1. The summed E-state index contributed by atoms with van der Waals surface area (Å²) in [5.41, 5.74) is 3.43. The first-order valence-corrected chi connectivity index (χ1v) is 10.4. The maximum atomic E-state index is 12.0. The first-order chi connectivity index (χ1) is 16.1. The number of aliphatic hydroxyl groups is 1. The van der Waals surface area contributed by atoms with Gasteiger partial charge in [0.1, 0.15) is 11.6 Å². The van der Waals surface area contributed by atoms with Crippen molar-refractivity contribution in [2.75, 3.05) is 17.2 Å². The van der Waals surface area contributed by atoms with Gasteiger partial charge in [0.15, 0.2) is 0 Å². The summed E-state index contributed by atoms with van der Waals surface area (Å²) in [5, 5.41) is 27.1. The average molecular weight is 443 g/mol. The van der Waals surface area contributed by atoms with Gasteiger partial charge in [-0.1, -0.05) is 30.3 Å². The van der Waals surface area contributed by atoms with E-state index >= 15 is 0 Å². The number of nitrogens with zero attached hydrogens (tertiary/aromatic N) is 4. The Bertz CT molecular complexity index is 1280. The van der Waals surface area contributed by atoms with Crippen LogP contribution in [0, 0.1) is 0 Å². The number of pyridine rings is 2. The second kappa shape index (κ2) is 8.67. The Morgan fingerprint density at radius 2 is 2.00 bits per heavy atom. The Morgan fingerprint density at radius 1 is 1.15 bits per heavy atom. The van der Waals surface area contributed by atoms with Gasteiger partial charge in [-0.25, -0.2) is 9.97 Å². The Hall–Kier alpha value is -4.31. The Balaban J connectivity index is 1.47. The fourth-order valence-electron chi connectivity index (χ4n) is 3.75.